The first-order chi connectivity index (χ1) is 7.03. The number of thioether (sulfide) groups is 1. The molecule has 1 rings (SSSR count). The van der Waals surface area contributed by atoms with Crippen LogP contribution < -0.4 is 5.32 Å². The topological polar surface area (TPSA) is 12.0 Å². The lowest BCUT2D eigenvalue weighted by molar-refractivity contribution is 0.299. The van der Waals surface area contributed by atoms with Gasteiger partial charge in [-0.15, -0.1) is 0 Å². The summed E-state index contributed by atoms with van der Waals surface area (Å²) in [4.78, 5) is 0. The van der Waals surface area contributed by atoms with Crippen LogP contribution in [0.3, 0.4) is 0 Å². The largest absolute Gasteiger partial charge is 0.311 e. The molecule has 2 atom stereocenters. The Labute approximate surface area is 99.8 Å². The van der Waals surface area contributed by atoms with Gasteiger partial charge in [0.1, 0.15) is 0 Å². The zero-order chi connectivity index (χ0) is 11.3. The van der Waals surface area contributed by atoms with Gasteiger partial charge in [-0.1, -0.05) is 33.6 Å². The predicted molar refractivity (Wildman–Crippen MR) is 71.6 cm³/mol. The van der Waals surface area contributed by atoms with E-state index in [9.17, 15) is 0 Å². The second-order valence-corrected chi connectivity index (χ2v) is 6.82. The van der Waals surface area contributed by atoms with Gasteiger partial charge in [0.25, 0.3) is 0 Å². The number of nitrogens with one attached hydrogen (secondary N) is 1. The van der Waals surface area contributed by atoms with E-state index in [1.807, 2.05) is 0 Å². The van der Waals surface area contributed by atoms with E-state index in [0.717, 1.165) is 6.04 Å². The molecule has 1 nitrogen and oxygen atoms in total. The number of hydrogen-bond donors (Lipinski definition) is 1. The van der Waals surface area contributed by atoms with Crippen molar-refractivity contribution in [2.75, 3.05) is 11.5 Å². The second kappa shape index (κ2) is 6.15. The van der Waals surface area contributed by atoms with E-state index < -0.39 is 0 Å². The van der Waals surface area contributed by atoms with Crippen LogP contribution >= 0.6 is 11.8 Å². The van der Waals surface area contributed by atoms with Crippen LogP contribution in [0.1, 0.15) is 53.4 Å². The van der Waals surface area contributed by atoms with Crippen molar-refractivity contribution in [2.45, 2.75) is 65.5 Å². The van der Waals surface area contributed by atoms with Crippen molar-refractivity contribution in [3.63, 3.8) is 0 Å². The van der Waals surface area contributed by atoms with E-state index in [1.165, 1.54) is 37.2 Å². The van der Waals surface area contributed by atoms with Gasteiger partial charge in [-0.2, -0.15) is 11.8 Å². The molecule has 1 saturated heterocycles. The van der Waals surface area contributed by atoms with Crippen LogP contribution in [0.25, 0.3) is 0 Å². The highest BCUT2D eigenvalue weighted by atomic mass is 32.2. The Bertz CT molecular complexity index is 179. The molecule has 2 heteroatoms. The molecule has 0 aromatic carbocycles. The maximum atomic E-state index is 3.79. The Morgan fingerprint density at radius 2 is 2.20 bits per heavy atom. The summed E-state index contributed by atoms with van der Waals surface area (Å²) in [5.74, 6) is 2.63. The molecule has 0 saturated carbocycles. The molecular weight excluding hydrogens is 202 g/mol. The zero-order valence-corrected chi connectivity index (χ0v) is 11.6. The fraction of sp³-hybridized carbons (Fsp3) is 1.00. The van der Waals surface area contributed by atoms with E-state index in [-0.39, 0.29) is 0 Å². The number of unbranched alkanes of at least 4 members (excludes halogenated alkanes) is 1. The molecule has 1 fully saturated rings. The van der Waals surface area contributed by atoms with Gasteiger partial charge in [-0.05, 0) is 30.9 Å². The van der Waals surface area contributed by atoms with Gasteiger partial charge < -0.3 is 5.32 Å². The molecule has 0 bridgehead atoms. The first kappa shape index (κ1) is 13.4. The van der Waals surface area contributed by atoms with Crippen LogP contribution in [0, 0.1) is 5.41 Å². The minimum atomic E-state index is 0.533. The zero-order valence-electron chi connectivity index (χ0n) is 10.8. The normalized spacial score (nSPS) is 27.6. The van der Waals surface area contributed by atoms with Crippen molar-refractivity contribution in [1.82, 2.24) is 5.32 Å². The summed E-state index contributed by atoms with van der Waals surface area (Å²) in [6, 6.07) is 1.44. The summed E-state index contributed by atoms with van der Waals surface area (Å²) < 4.78 is 0. The lowest BCUT2D eigenvalue weighted by atomic mass is 9.87. The molecule has 15 heavy (non-hydrogen) atoms. The van der Waals surface area contributed by atoms with Gasteiger partial charge in [-0.25, -0.2) is 0 Å². The fourth-order valence-corrected chi connectivity index (χ4v) is 3.65. The third-order valence-corrected chi connectivity index (χ3v) is 4.75. The van der Waals surface area contributed by atoms with Gasteiger partial charge in [0.15, 0.2) is 0 Å². The maximum absolute atomic E-state index is 3.79. The Kier molecular flexibility index (Phi) is 5.48. The van der Waals surface area contributed by atoms with Crippen molar-refractivity contribution in [2.24, 2.45) is 5.41 Å². The third-order valence-electron chi connectivity index (χ3n) is 3.12. The van der Waals surface area contributed by atoms with Crippen molar-refractivity contribution in [3.05, 3.63) is 0 Å². The van der Waals surface area contributed by atoms with E-state index >= 15 is 0 Å². The first-order valence-corrected chi connectivity index (χ1v) is 7.53. The van der Waals surface area contributed by atoms with Crippen LogP contribution in [0.2, 0.25) is 0 Å². The molecule has 1 aliphatic rings. The highest BCUT2D eigenvalue weighted by molar-refractivity contribution is 7.99. The Morgan fingerprint density at radius 1 is 1.47 bits per heavy atom. The van der Waals surface area contributed by atoms with Crippen LogP contribution in [0.5, 0.6) is 0 Å². The maximum Gasteiger partial charge on any atom is 0.0166 e. The summed E-state index contributed by atoms with van der Waals surface area (Å²) in [6.07, 6.45) is 5.35. The second-order valence-electron chi connectivity index (χ2n) is 5.79. The van der Waals surface area contributed by atoms with Gasteiger partial charge in [0.05, 0.1) is 0 Å². The van der Waals surface area contributed by atoms with Crippen LogP contribution in [-0.2, 0) is 0 Å². The monoisotopic (exact) mass is 229 g/mol. The molecule has 0 radical (unpaired) electrons. The van der Waals surface area contributed by atoms with Gasteiger partial charge in [0.2, 0.25) is 0 Å². The number of hydrogen-bond acceptors (Lipinski definition) is 2. The minimum Gasteiger partial charge on any atom is -0.311 e. The number of rotatable bonds is 5. The third kappa shape index (κ3) is 5.26. The quantitative estimate of drug-likeness (QED) is 0.772. The minimum absolute atomic E-state index is 0.533. The van der Waals surface area contributed by atoms with E-state index in [2.05, 4.69) is 44.8 Å². The van der Waals surface area contributed by atoms with E-state index in [4.69, 9.17) is 0 Å². The summed E-state index contributed by atoms with van der Waals surface area (Å²) >= 11 is 2.11. The summed E-state index contributed by atoms with van der Waals surface area (Å²) in [5, 5.41) is 3.79. The van der Waals surface area contributed by atoms with Crippen molar-refractivity contribution in [3.8, 4) is 0 Å². The first-order valence-electron chi connectivity index (χ1n) is 6.37. The lowest BCUT2D eigenvalue weighted by Gasteiger charge is -2.36. The van der Waals surface area contributed by atoms with Gasteiger partial charge >= 0.3 is 0 Å². The van der Waals surface area contributed by atoms with Crippen LogP contribution in [0.15, 0.2) is 0 Å². The van der Waals surface area contributed by atoms with Crippen molar-refractivity contribution < 1.29 is 0 Å². The molecular formula is C13H27NS. The fourth-order valence-electron chi connectivity index (χ4n) is 2.37. The molecule has 2 unspecified atom stereocenters. The molecule has 0 amide bonds. The van der Waals surface area contributed by atoms with E-state index in [1.54, 1.807) is 0 Å². The molecule has 0 aromatic heterocycles. The van der Waals surface area contributed by atoms with Crippen LogP contribution in [-0.4, -0.2) is 23.6 Å². The molecule has 1 aliphatic heterocycles. The lowest BCUT2D eigenvalue weighted by Crippen LogP contribution is -2.44. The molecule has 0 aromatic rings. The standard InChI is InChI=1S/C13H27NS/c1-5-6-7-11(2)14-12-8-13(3,4)10-15-9-12/h11-12,14H,5-10H2,1-4H3. The van der Waals surface area contributed by atoms with Gasteiger partial charge in [-0.3, -0.25) is 0 Å². The smallest absolute Gasteiger partial charge is 0.0166 e. The molecule has 0 aliphatic carbocycles. The molecule has 90 valence electrons. The average molecular weight is 229 g/mol. The summed E-state index contributed by atoms with van der Waals surface area (Å²) in [7, 11) is 0. The van der Waals surface area contributed by atoms with Gasteiger partial charge in [0, 0.05) is 17.8 Å². The summed E-state index contributed by atoms with van der Waals surface area (Å²) in [5.41, 5.74) is 0.533. The van der Waals surface area contributed by atoms with Crippen LogP contribution in [0.4, 0.5) is 0 Å². The summed E-state index contributed by atoms with van der Waals surface area (Å²) in [6.45, 7) is 9.39. The molecule has 1 N–H and O–H groups in total. The SMILES string of the molecule is CCCCC(C)NC1CSCC(C)(C)C1. The van der Waals surface area contributed by atoms with Crippen molar-refractivity contribution >= 4 is 11.8 Å². The Hall–Kier alpha value is 0.310. The van der Waals surface area contributed by atoms with Crippen molar-refractivity contribution in [1.29, 1.82) is 0 Å². The molecule has 0 spiro atoms. The highest BCUT2D eigenvalue weighted by Crippen LogP contribution is 2.33. The Balaban J connectivity index is 2.25. The average Bonchev–Trinajstić information content (AvgIpc) is 2.13. The predicted octanol–water partition coefficient (Wildman–Crippen LogP) is 3.69. The Morgan fingerprint density at radius 3 is 2.80 bits per heavy atom. The van der Waals surface area contributed by atoms with E-state index in [0.29, 0.717) is 11.5 Å². The molecule has 1 heterocycles. The highest BCUT2D eigenvalue weighted by Gasteiger charge is 2.28.